The van der Waals surface area contributed by atoms with Gasteiger partial charge < -0.3 is 4.57 Å². The number of hydrogen-bond donors (Lipinski definition) is 0. The van der Waals surface area contributed by atoms with Crippen molar-refractivity contribution in [2.24, 2.45) is 0 Å². The van der Waals surface area contributed by atoms with Crippen LogP contribution in [0.2, 0.25) is 5.02 Å². The van der Waals surface area contributed by atoms with Crippen molar-refractivity contribution >= 4 is 23.4 Å². The van der Waals surface area contributed by atoms with Crippen LogP contribution < -0.4 is 0 Å². The molecule has 1 aromatic heterocycles. The SMILES string of the molecule is CCCCn1c(SCc2ccccc2Cl)nnc1C(CC)N(C)C. The highest BCUT2D eigenvalue weighted by Crippen LogP contribution is 2.29. The summed E-state index contributed by atoms with van der Waals surface area (Å²) in [5, 5.41) is 10.8. The van der Waals surface area contributed by atoms with Crippen LogP contribution in [0.25, 0.3) is 0 Å². The van der Waals surface area contributed by atoms with Crippen LogP contribution in [0.1, 0.15) is 50.5 Å². The number of halogens is 1. The van der Waals surface area contributed by atoms with Crippen LogP contribution in [-0.2, 0) is 12.3 Å². The summed E-state index contributed by atoms with van der Waals surface area (Å²) in [4.78, 5) is 2.22. The monoisotopic (exact) mass is 366 g/mol. The molecule has 1 unspecified atom stereocenters. The fourth-order valence-electron chi connectivity index (χ4n) is 2.72. The number of hydrogen-bond acceptors (Lipinski definition) is 4. The van der Waals surface area contributed by atoms with E-state index in [-0.39, 0.29) is 0 Å². The van der Waals surface area contributed by atoms with Crippen LogP contribution in [0.5, 0.6) is 0 Å². The third-order valence-corrected chi connectivity index (χ3v) is 5.49. The highest BCUT2D eigenvalue weighted by Gasteiger charge is 2.21. The normalized spacial score (nSPS) is 12.8. The van der Waals surface area contributed by atoms with Gasteiger partial charge in [0.25, 0.3) is 0 Å². The van der Waals surface area contributed by atoms with Gasteiger partial charge in [-0.15, -0.1) is 10.2 Å². The smallest absolute Gasteiger partial charge is 0.191 e. The first kappa shape index (κ1) is 19.3. The zero-order valence-corrected chi connectivity index (χ0v) is 16.6. The molecular weight excluding hydrogens is 340 g/mol. The van der Waals surface area contributed by atoms with E-state index >= 15 is 0 Å². The van der Waals surface area contributed by atoms with Gasteiger partial charge >= 0.3 is 0 Å². The van der Waals surface area contributed by atoms with Crippen LogP contribution in [0.4, 0.5) is 0 Å². The van der Waals surface area contributed by atoms with E-state index in [0.29, 0.717) is 6.04 Å². The predicted molar refractivity (Wildman–Crippen MR) is 103 cm³/mol. The first-order valence-corrected chi connectivity index (χ1v) is 9.90. The standard InChI is InChI=1S/C18H27ClN4S/c1-5-7-12-23-17(16(6-2)22(3)4)20-21-18(23)24-13-14-10-8-9-11-15(14)19/h8-11,16H,5-7,12-13H2,1-4H3. The van der Waals surface area contributed by atoms with Crippen molar-refractivity contribution in [2.45, 2.75) is 56.6 Å². The van der Waals surface area contributed by atoms with Crippen molar-refractivity contribution in [3.8, 4) is 0 Å². The molecule has 1 heterocycles. The minimum atomic E-state index is 0.295. The molecule has 132 valence electrons. The molecule has 0 saturated carbocycles. The molecule has 0 saturated heterocycles. The molecule has 0 aliphatic heterocycles. The van der Waals surface area contributed by atoms with Gasteiger partial charge in [0, 0.05) is 17.3 Å². The summed E-state index contributed by atoms with van der Waals surface area (Å²) in [6.45, 7) is 5.37. The molecule has 6 heteroatoms. The Morgan fingerprint density at radius 2 is 1.96 bits per heavy atom. The number of aromatic nitrogens is 3. The molecule has 0 aliphatic rings. The molecule has 4 nitrogen and oxygen atoms in total. The van der Waals surface area contributed by atoms with Crippen molar-refractivity contribution in [3.63, 3.8) is 0 Å². The summed E-state index contributed by atoms with van der Waals surface area (Å²) < 4.78 is 2.29. The fraction of sp³-hybridized carbons (Fsp3) is 0.556. The average Bonchev–Trinajstić information content (AvgIpc) is 2.95. The molecule has 0 radical (unpaired) electrons. The average molecular weight is 367 g/mol. The predicted octanol–water partition coefficient (Wildman–Crippen LogP) is 5.04. The van der Waals surface area contributed by atoms with Crippen LogP contribution >= 0.6 is 23.4 Å². The minimum absolute atomic E-state index is 0.295. The van der Waals surface area contributed by atoms with Gasteiger partial charge in [-0.1, -0.05) is 61.8 Å². The highest BCUT2D eigenvalue weighted by atomic mass is 35.5. The number of benzene rings is 1. The molecule has 24 heavy (non-hydrogen) atoms. The second-order valence-electron chi connectivity index (χ2n) is 6.11. The molecule has 0 fully saturated rings. The molecule has 1 aromatic carbocycles. The van der Waals surface area contributed by atoms with E-state index < -0.39 is 0 Å². The zero-order valence-electron chi connectivity index (χ0n) is 15.0. The van der Waals surface area contributed by atoms with E-state index in [1.54, 1.807) is 11.8 Å². The third-order valence-electron chi connectivity index (χ3n) is 4.10. The second kappa shape index (κ2) is 9.44. The van der Waals surface area contributed by atoms with Crippen LogP contribution in [0.3, 0.4) is 0 Å². The first-order valence-electron chi connectivity index (χ1n) is 8.54. The van der Waals surface area contributed by atoms with Crippen LogP contribution in [-0.4, -0.2) is 33.8 Å². The number of thioether (sulfide) groups is 1. The van der Waals surface area contributed by atoms with Gasteiger partial charge in [0.2, 0.25) is 0 Å². The Hall–Kier alpha value is -1.04. The Kier molecular flexibility index (Phi) is 7.59. The lowest BCUT2D eigenvalue weighted by molar-refractivity contribution is 0.270. The lowest BCUT2D eigenvalue weighted by Gasteiger charge is -2.23. The van der Waals surface area contributed by atoms with Crippen LogP contribution in [0.15, 0.2) is 29.4 Å². The summed E-state index contributed by atoms with van der Waals surface area (Å²) >= 11 is 7.98. The molecule has 0 N–H and O–H groups in total. The van der Waals surface area contributed by atoms with E-state index in [9.17, 15) is 0 Å². The Balaban J connectivity index is 2.22. The summed E-state index contributed by atoms with van der Waals surface area (Å²) in [6, 6.07) is 8.28. The number of rotatable bonds is 9. The Bertz CT molecular complexity index is 642. The van der Waals surface area contributed by atoms with Gasteiger partial charge in [0.05, 0.1) is 6.04 Å². The van der Waals surface area contributed by atoms with E-state index in [1.165, 1.54) is 0 Å². The van der Waals surface area contributed by atoms with Gasteiger partial charge in [-0.25, -0.2) is 0 Å². The maximum atomic E-state index is 6.27. The molecule has 2 rings (SSSR count). The van der Waals surface area contributed by atoms with Crippen molar-refractivity contribution in [1.82, 2.24) is 19.7 Å². The van der Waals surface area contributed by atoms with Crippen molar-refractivity contribution in [1.29, 1.82) is 0 Å². The van der Waals surface area contributed by atoms with Gasteiger partial charge in [-0.2, -0.15) is 0 Å². The molecule has 0 aliphatic carbocycles. The Morgan fingerprint density at radius 3 is 2.58 bits per heavy atom. The van der Waals surface area contributed by atoms with Gasteiger partial charge in [0.1, 0.15) is 0 Å². The quantitative estimate of drug-likeness (QED) is 0.582. The lowest BCUT2D eigenvalue weighted by atomic mass is 10.2. The summed E-state index contributed by atoms with van der Waals surface area (Å²) in [7, 11) is 4.20. The van der Waals surface area contributed by atoms with Crippen molar-refractivity contribution < 1.29 is 0 Å². The summed E-state index contributed by atoms with van der Waals surface area (Å²) in [6.07, 6.45) is 3.31. The summed E-state index contributed by atoms with van der Waals surface area (Å²) in [5.41, 5.74) is 1.13. The minimum Gasteiger partial charge on any atom is -0.305 e. The number of nitrogens with zero attached hydrogens (tertiary/aromatic N) is 4. The Labute approximate surface area is 154 Å². The molecule has 0 amide bonds. The van der Waals surface area contributed by atoms with Gasteiger partial charge in [0.15, 0.2) is 11.0 Å². The topological polar surface area (TPSA) is 34.0 Å². The van der Waals surface area contributed by atoms with E-state index in [1.807, 2.05) is 18.2 Å². The van der Waals surface area contributed by atoms with Gasteiger partial charge in [-0.05, 0) is 38.6 Å². The van der Waals surface area contributed by atoms with Crippen molar-refractivity contribution in [3.05, 3.63) is 40.7 Å². The highest BCUT2D eigenvalue weighted by molar-refractivity contribution is 7.98. The molecular formula is C18H27ClN4S. The largest absolute Gasteiger partial charge is 0.305 e. The van der Waals surface area contributed by atoms with Gasteiger partial charge in [-0.3, -0.25) is 4.90 Å². The van der Waals surface area contributed by atoms with E-state index in [2.05, 4.69) is 53.7 Å². The van der Waals surface area contributed by atoms with E-state index in [4.69, 9.17) is 11.6 Å². The van der Waals surface area contributed by atoms with E-state index in [0.717, 1.165) is 53.1 Å². The summed E-state index contributed by atoms with van der Waals surface area (Å²) in [5.74, 6) is 1.88. The molecule has 0 spiro atoms. The number of unbranched alkanes of at least 4 members (excludes halogenated alkanes) is 1. The van der Waals surface area contributed by atoms with Crippen molar-refractivity contribution in [2.75, 3.05) is 14.1 Å². The lowest BCUT2D eigenvalue weighted by Crippen LogP contribution is -2.23. The molecule has 1 atom stereocenters. The Morgan fingerprint density at radius 1 is 1.21 bits per heavy atom. The maximum Gasteiger partial charge on any atom is 0.191 e. The fourth-order valence-corrected chi connectivity index (χ4v) is 3.97. The second-order valence-corrected chi connectivity index (χ2v) is 7.46. The third kappa shape index (κ3) is 4.74. The zero-order chi connectivity index (χ0) is 17.5. The van der Waals surface area contributed by atoms with Crippen LogP contribution in [0, 0.1) is 0 Å². The maximum absolute atomic E-state index is 6.27. The first-order chi connectivity index (χ1) is 11.6. The molecule has 2 aromatic rings. The molecule has 0 bridgehead atoms.